The highest BCUT2D eigenvalue weighted by Gasteiger charge is 2.25. The zero-order valence-corrected chi connectivity index (χ0v) is 19.0. The molecule has 3 aromatic rings. The zero-order chi connectivity index (χ0) is 23.5. The highest BCUT2D eigenvalue weighted by Crippen LogP contribution is 2.36. The third kappa shape index (κ3) is 5.17. The molecule has 1 heterocycles. The van der Waals surface area contributed by atoms with Crippen molar-refractivity contribution in [1.82, 2.24) is 0 Å². The van der Waals surface area contributed by atoms with Crippen LogP contribution in [-0.2, 0) is 11.0 Å². The first-order valence-corrected chi connectivity index (χ1v) is 11.5. The third-order valence-corrected chi connectivity index (χ3v) is 6.73. The number of hydrogen-bond acceptors (Lipinski definition) is 3. The van der Waals surface area contributed by atoms with Gasteiger partial charge in [0.05, 0.1) is 22.2 Å². The summed E-state index contributed by atoms with van der Waals surface area (Å²) in [7, 11) is -1.69. The number of rotatable bonds is 6. The monoisotopic (exact) mass is 493 g/mol. The molecule has 172 valence electrons. The van der Waals surface area contributed by atoms with Crippen molar-refractivity contribution in [3.8, 4) is 11.5 Å². The van der Waals surface area contributed by atoms with Gasteiger partial charge in [-0.15, -0.1) is 0 Å². The Labute approximate surface area is 196 Å². The van der Waals surface area contributed by atoms with Gasteiger partial charge in [0, 0.05) is 5.56 Å². The van der Waals surface area contributed by atoms with Crippen LogP contribution in [0.1, 0.15) is 18.1 Å². The lowest BCUT2D eigenvalue weighted by Gasteiger charge is -2.30. The van der Waals surface area contributed by atoms with Gasteiger partial charge in [-0.1, -0.05) is 35.9 Å². The molecule has 4 nitrogen and oxygen atoms in total. The molecule has 1 atom stereocenters. The maximum Gasteiger partial charge on any atom is 0.387 e. The summed E-state index contributed by atoms with van der Waals surface area (Å²) in [4.78, 5) is 0.316. The second kappa shape index (κ2) is 9.89. The second-order valence-corrected chi connectivity index (χ2v) is 9.02. The molecule has 1 aliphatic rings. The van der Waals surface area contributed by atoms with Crippen molar-refractivity contribution >= 4 is 39.9 Å². The van der Waals surface area contributed by atoms with E-state index in [0.29, 0.717) is 45.6 Å². The number of allylic oxidation sites excluding steroid dienone is 1. The Morgan fingerprint density at radius 3 is 2.73 bits per heavy atom. The first kappa shape index (κ1) is 23.2. The number of anilines is 1. The van der Waals surface area contributed by atoms with Crippen LogP contribution in [0.3, 0.4) is 0 Å². The van der Waals surface area contributed by atoms with Crippen LogP contribution in [-0.4, -0.2) is 24.0 Å². The van der Waals surface area contributed by atoms with Crippen molar-refractivity contribution in [1.29, 1.82) is 0 Å². The lowest BCUT2D eigenvalue weighted by Crippen LogP contribution is -2.34. The summed E-state index contributed by atoms with van der Waals surface area (Å²) in [5, 5.41) is 0.304. The van der Waals surface area contributed by atoms with Gasteiger partial charge in [-0.25, -0.2) is 8.60 Å². The van der Waals surface area contributed by atoms with Gasteiger partial charge in [-0.05, 0) is 60.5 Å². The molecule has 1 unspecified atom stereocenters. The number of nitrogens with zero attached hydrogens (tertiary/aromatic N) is 1. The van der Waals surface area contributed by atoms with E-state index in [9.17, 15) is 17.4 Å². The van der Waals surface area contributed by atoms with Crippen LogP contribution in [0.5, 0.6) is 11.5 Å². The third-order valence-electron chi connectivity index (χ3n) is 4.98. The van der Waals surface area contributed by atoms with Crippen LogP contribution < -0.4 is 13.8 Å². The van der Waals surface area contributed by atoms with E-state index in [0.717, 1.165) is 5.56 Å². The lowest BCUT2D eigenvalue weighted by molar-refractivity contribution is -0.0499. The largest absolute Gasteiger partial charge is 0.489 e. The molecule has 0 N–H and O–H groups in total. The molecule has 9 heteroatoms. The van der Waals surface area contributed by atoms with Crippen molar-refractivity contribution in [2.75, 3.05) is 17.5 Å². The number of halogens is 4. The summed E-state index contributed by atoms with van der Waals surface area (Å²) in [6.07, 6.45) is 1.78. The Balaban J connectivity index is 1.67. The molecule has 0 bridgehead atoms. The molecule has 0 saturated carbocycles. The maximum atomic E-state index is 14.3. The molecule has 0 saturated heterocycles. The normalized spacial score (nSPS) is 14.6. The topological polar surface area (TPSA) is 38.8 Å². The smallest absolute Gasteiger partial charge is 0.387 e. The highest BCUT2D eigenvalue weighted by molar-refractivity contribution is 7.86. The first-order chi connectivity index (χ1) is 15.8. The molecule has 33 heavy (non-hydrogen) atoms. The average Bonchev–Trinajstić information content (AvgIpc) is 2.78. The fraction of sp³-hybridized carbons (Fsp3) is 0.167. The molecule has 0 aliphatic carbocycles. The molecule has 4 rings (SSSR count). The van der Waals surface area contributed by atoms with Crippen molar-refractivity contribution in [3.05, 3.63) is 82.6 Å². The standard InChI is InChI=1S/C24H19ClF3NO3S/c1-15(23-19(25)6-3-7-20(23)26)12-16-8-9-22-21(13-16)29(10-11-31-22)33(30)18-5-2-4-17(14-18)32-24(27)28/h2-9,12-14,24H,10-11H2,1H3/b15-12+. The van der Waals surface area contributed by atoms with Crippen LogP contribution in [0, 0.1) is 5.82 Å². The van der Waals surface area contributed by atoms with E-state index in [1.807, 2.05) is 0 Å². The van der Waals surface area contributed by atoms with E-state index < -0.39 is 23.4 Å². The Hall–Kier alpha value is -2.97. The number of alkyl halides is 2. The molecular weight excluding hydrogens is 475 g/mol. The predicted molar refractivity (Wildman–Crippen MR) is 124 cm³/mol. The van der Waals surface area contributed by atoms with Crippen molar-refractivity contribution < 1.29 is 26.9 Å². The van der Waals surface area contributed by atoms with Gasteiger partial charge in [0.2, 0.25) is 0 Å². The van der Waals surface area contributed by atoms with Gasteiger partial charge < -0.3 is 9.47 Å². The summed E-state index contributed by atoms with van der Waals surface area (Å²) in [6, 6.07) is 15.6. The molecule has 0 aromatic heterocycles. The van der Waals surface area contributed by atoms with Crippen molar-refractivity contribution in [2.24, 2.45) is 0 Å². The van der Waals surface area contributed by atoms with Crippen LogP contribution in [0.2, 0.25) is 5.02 Å². The van der Waals surface area contributed by atoms with E-state index in [1.165, 1.54) is 24.3 Å². The summed E-state index contributed by atoms with van der Waals surface area (Å²) in [6.45, 7) is -0.584. The minimum absolute atomic E-state index is 0.0709. The fourth-order valence-electron chi connectivity index (χ4n) is 3.56. The molecule has 3 aromatic carbocycles. The lowest BCUT2D eigenvalue weighted by atomic mass is 10.0. The van der Waals surface area contributed by atoms with Gasteiger partial charge in [0.1, 0.15) is 23.9 Å². The van der Waals surface area contributed by atoms with Gasteiger partial charge in [-0.3, -0.25) is 4.31 Å². The molecule has 0 fully saturated rings. The minimum Gasteiger partial charge on any atom is -0.489 e. The van der Waals surface area contributed by atoms with Crippen LogP contribution in [0.25, 0.3) is 11.6 Å². The average molecular weight is 494 g/mol. The van der Waals surface area contributed by atoms with E-state index in [-0.39, 0.29) is 5.75 Å². The molecule has 0 radical (unpaired) electrons. The Kier molecular flexibility index (Phi) is 6.95. The van der Waals surface area contributed by atoms with Gasteiger partial charge in [0.25, 0.3) is 0 Å². The Morgan fingerprint density at radius 2 is 1.97 bits per heavy atom. The maximum absolute atomic E-state index is 14.3. The summed E-state index contributed by atoms with van der Waals surface area (Å²) in [5.41, 5.74) is 2.23. The molecule has 0 spiro atoms. The zero-order valence-electron chi connectivity index (χ0n) is 17.4. The Morgan fingerprint density at radius 1 is 1.18 bits per heavy atom. The quantitative estimate of drug-likeness (QED) is 0.365. The number of ether oxygens (including phenoxy) is 2. The van der Waals surface area contributed by atoms with E-state index in [4.69, 9.17) is 16.3 Å². The van der Waals surface area contributed by atoms with Crippen LogP contribution in [0.15, 0.2) is 65.6 Å². The highest BCUT2D eigenvalue weighted by atomic mass is 35.5. The van der Waals surface area contributed by atoms with E-state index in [2.05, 4.69) is 4.74 Å². The van der Waals surface area contributed by atoms with Crippen LogP contribution >= 0.6 is 11.6 Å². The first-order valence-electron chi connectivity index (χ1n) is 9.97. The summed E-state index contributed by atoms with van der Waals surface area (Å²) in [5.74, 6) is 0.0397. The molecule has 0 amide bonds. The van der Waals surface area contributed by atoms with E-state index >= 15 is 0 Å². The van der Waals surface area contributed by atoms with Gasteiger partial charge >= 0.3 is 6.61 Å². The minimum atomic E-state index is -2.97. The predicted octanol–water partition coefficient (Wildman–Crippen LogP) is 6.56. The number of fused-ring (bicyclic) bond motifs is 1. The Bertz CT molecular complexity index is 1220. The molecule has 1 aliphatic heterocycles. The van der Waals surface area contributed by atoms with Crippen molar-refractivity contribution in [3.63, 3.8) is 0 Å². The fourth-order valence-corrected chi connectivity index (χ4v) is 5.10. The SMILES string of the molecule is C/C(=C\c1ccc2c(c1)N(S(=O)c1cccc(OC(F)F)c1)CCO2)c1c(F)cccc1Cl. The molecular formula is C24H19ClF3NO3S. The summed E-state index contributed by atoms with van der Waals surface area (Å²) >= 11 is 6.18. The van der Waals surface area contributed by atoms with Crippen molar-refractivity contribution in [2.45, 2.75) is 18.4 Å². The van der Waals surface area contributed by atoms with Crippen LogP contribution in [0.4, 0.5) is 18.9 Å². The number of hydrogen-bond donors (Lipinski definition) is 0. The second-order valence-electron chi connectivity index (χ2n) is 7.20. The number of benzene rings is 3. The van der Waals surface area contributed by atoms with Gasteiger partial charge in [0.15, 0.2) is 11.0 Å². The van der Waals surface area contributed by atoms with E-state index in [1.54, 1.807) is 53.7 Å². The summed E-state index contributed by atoms with van der Waals surface area (Å²) < 4.78 is 64.5. The van der Waals surface area contributed by atoms with Gasteiger partial charge in [-0.2, -0.15) is 8.78 Å².